The molecule has 102 valence electrons. The van der Waals surface area contributed by atoms with Crippen LogP contribution in [0.4, 0.5) is 5.69 Å². The van der Waals surface area contributed by atoms with Crippen molar-refractivity contribution < 1.29 is 9.53 Å². The molecule has 2 N–H and O–H groups in total. The molecular formula is C16H16N2O2. The van der Waals surface area contributed by atoms with E-state index in [0.717, 1.165) is 22.6 Å². The monoisotopic (exact) mass is 268 g/mol. The van der Waals surface area contributed by atoms with Gasteiger partial charge in [-0.2, -0.15) is 0 Å². The molecule has 0 radical (unpaired) electrons. The molecule has 1 unspecified atom stereocenters. The minimum atomic E-state index is -0.280. The van der Waals surface area contributed by atoms with Gasteiger partial charge in [0.15, 0.2) is 0 Å². The molecule has 0 spiro atoms. The average molecular weight is 268 g/mol. The van der Waals surface area contributed by atoms with Crippen LogP contribution in [0.5, 0.6) is 11.5 Å². The average Bonchev–Trinajstić information content (AvgIpc) is 2.73. The number of rotatable bonds is 3. The Kier molecular flexibility index (Phi) is 3.16. The molecule has 4 nitrogen and oxygen atoms in total. The SMILES string of the molecule is CNC1C(=O)Nc2cc(Oc3cccc(C)c3)ccc21. The minimum absolute atomic E-state index is 0.0322. The lowest BCUT2D eigenvalue weighted by Crippen LogP contribution is -2.23. The number of aryl methyl sites for hydroxylation is 1. The Balaban J connectivity index is 1.87. The number of amides is 1. The zero-order chi connectivity index (χ0) is 14.1. The Labute approximate surface area is 117 Å². The maximum atomic E-state index is 11.8. The number of fused-ring (bicyclic) bond motifs is 1. The van der Waals surface area contributed by atoms with Crippen molar-refractivity contribution in [3.05, 3.63) is 53.6 Å². The fourth-order valence-corrected chi connectivity index (χ4v) is 2.41. The number of benzene rings is 2. The van der Waals surface area contributed by atoms with E-state index < -0.39 is 0 Å². The zero-order valence-corrected chi connectivity index (χ0v) is 11.4. The van der Waals surface area contributed by atoms with E-state index in [1.165, 1.54) is 0 Å². The van der Waals surface area contributed by atoms with Gasteiger partial charge in [-0.05, 0) is 37.7 Å². The van der Waals surface area contributed by atoms with Crippen LogP contribution in [0.2, 0.25) is 0 Å². The van der Waals surface area contributed by atoms with Crippen LogP contribution in [0.25, 0.3) is 0 Å². The third kappa shape index (κ3) is 2.26. The molecule has 1 aliphatic heterocycles. The van der Waals surface area contributed by atoms with Gasteiger partial charge in [0.05, 0.1) is 0 Å². The van der Waals surface area contributed by atoms with E-state index in [1.54, 1.807) is 7.05 Å². The van der Waals surface area contributed by atoms with Gasteiger partial charge in [0.25, 0.3) is 0 Å². The highest BCUT2D eigenvalue weighted by Crippen LogP contribution is 2.34. The van der Waals surface area contributed by atoms with Gasteiger partial charge in [-0.1, -0.05) is 18.2 Å². The van der Waals surface area contributed by atoms with Gasteiger partial charge in [-0.15, -0.1) is 0 Å². The number of hydrogen-bond donors (Lipinski definition) is 2. The molecular weight excluding hydrogens is 252 g/mol. The first-order valence-electron chi connectivity index (χ1n) is 6.54. The largest absolute Gasteiger partial charge is 0.457 e. The maximum Gasteiger partial charge on any atom is 0.246 e. The predicted molar refractivity (Wildman–Crippen MR) is 78.1 cm³/mol. The molecule has 0 aromatic heterocycles. The quantitative estimate of drug-likeness (QED) is 0.899. The molecule has 0 saturated heterocycles. The molecule has 1 atom stereocenters. The number of nitrogens with one attached hydrogen (secondary N) is 2. The summed E-state index contributed by atoms with van der Waals surface area (Å²) < 4.78 is 5.82. The lowest BCUT2D eigenvalue weighted by molar-refractivity contribution is -0.117. The number of anilines is 1. The van der Waals surface area contributed by atoms with Gasteiger partial charge in [-0.25, -0.2) is 0 Å². The fraction of sp³-hybridized carbons (Fsp3) is 0.188. The van der Waals surface area contributed by atoms with Gasteiger partial charge in [0.1, 0.15) is 17.5 Å². The highest BCUT2D eigenvalue weighted by Gasteiger charge is 2.29. The first-order valence-corrected chi connectivity index (χ1v) is 6.54. The number of hydrogen-bond acceptors (Lipinski definition) is 3. The molecule has 20 heavy (non-hydrogen) atoms. The number of carbonyl (C=O) groups excluding carboxylic acids is 1. The van der Waals surface area contributed by atoms with Crippen molar-refractivity contribution in [3.8, 4) is 11.5 Å². The summed E-state index contributed by atoms with van der Waals surface area (Å²) in [5.41, 5.74) is 2.90. The Bertz CT molecular complexity index is 667. The lowest BCUT2D eigenvalue weighted by Gasteiger charge is -2.09. The summed E-state index contributed by atoms with van der Waals surface area (Å²) >= 11 is 0. The molecule has 0 saturated carbocycles. The van der Waals surface area contributed by atoms with Crippen LogP contribution < -0.4 is 15.4 Å². The van der Waals surface area contributed by atoms with Crippen molar-refractivity contribution in [1.82, 2.24) is 5.32 Å². The van der Waals surface area contributed by atoms with E-state index in [4.69, 9.17) is 4.74 Å². The van der Waals surface area contributed by atoms with Crippen molar-refractivity contribution >= 4 is 11.6 Å². The zero-order valence-electron chi connectivity index (χ0n) is 11.4. The second-order valence-electron chi connectivity index (χ2n) is 4.88. The summed E-state index contributed by atoms with van der Waals surface area (Å²) in [5, 5.41) is 5.85. The predicted octanol–water partition coefficient (Wildman–Crippen LogP) is 3.00. The van der Waals surface area contributed by atoms with Crippen molar-refractivity contribution in [1.29, 1.82) is 0 Å². The van der Waals surface area contributed by atoms with E-state index in [1.807, 2.05) is 49.4 Å². The minimum Gasteiger partial charge on any atom is -0.457 e. The number of likely N-dealkylation sites (N-methyl/N-ethyl adjacent to an activating group) is 1. The van der Waals surface area contributed by atoms with E-state index in [-0.39, 0.29) is 11.9 Å². The molecule has 3 rings (SSSR count). The third-order valence-corrected chi connectivity index (χ3v) is 3.37. The Morgan fingerprint density at radius 1 is 1.15 bits per heavy atom. The van der Waals surface area contributed by atoms with E-state index in [2.05, 4.69) is 10.6 Å². The van der Waals surface area contributed by atoms with Gasteiger partial charge in [0.2, 0.25) is 5.91 Å². The first kappa shape index (κ1) is 12.7. The molecule has 0 aliphatic carbocycles. The van der Waals surface area contributed by atoms with Gasteiger partial charge in [-0.3, -0.25) is 4.79 Å². The lowest BCUT2D eigenvalue weighted by atomic mass is 10.1. The van der Waals surface area contributed by atoms with Gasteiger partial charge >= 0.3 is 0 Å². The van der Waals surface area contributed by atoms with Gasteiger partial charge < -0.3 is 15.4 Å². The Morgan fingerprint density at radius 3 is 2.70 bits per heavy atom. The van der Waals surface area contributed by atoms with Crippen molar-refractivity contribution in [2.75, 3.05) is 12.4 Å². The molecule has 2 aromatic rings. The molecule has 1 aliphatic rings. The summed E-state index contributed by atoms with van der Waals surface area (Å²) in [5.74, 6) is 1.47. The summed E-state index contributed by atoms with van der Waals surface area (Å²) in [6.45, 7) is 2.02. The number of carbonyl (C=O) groups is 1. The second-order valence-corrected chi connectivity index (χ2v) is 4.88. The highest BCUT2D eigenvalue weighted by atomic mass is 16.5. The molecule has 1 heterocycles. The highest BCUT2D eigenvalue weighted by molar-refractivity contribution is 6.02. The van der Waals surface area contributed by atoms with Gasteiger partial charge in [0, 0.05) is 17.3 Å². The van der Waals surface area contributed by atoms with Crippen LogP contribution in [-0.2, 0) is 4.79 Å². The van der Waals surface area contributed by atoms with Crippen LogP contribution in [0.3, 0.4) is 0 Å². The summed E-state index contributed by atoms with van der Waals surface area (Å²) in [4.78, 5) is 11.8. The van der Waals surface area contributed by atoms with Crippen molar-refractivity contribution in [2.24, 2.45) is 0 Å². The Morgan fingerprint density at radius 2 is 1.95 bits per heavy atom. The molecule has 2 aromatic carbocycles. The first-order chi connectivity index (χ1) is 9.67. The maximum absolute atomic E-state index is 11.8. The van der Waals surface area contributed by atoms with Crippen LogP contribution >= 0.6 is 0 Å². The van der Waals surface area contributed by atoms with Crippen LogP contribution in [-0.4, -0.2) is 13.0 Å². The van der Waals surface area contributed by atoms with Crippen molar-refractivity contribution in [3.63, 3.8) is 0 Å². The second kappa shape index (κ2) is 4.98. The summed E-state index contributed by atoms with van der Waals surface area (Å²) in [7, 11) is 1.77. The van der Waals surface area contributed by atoms with Crippen LogP contribution in [0, 0.1) is 6.92 Å². The topological polar surface area (TPSA) is 50.4 Å². The molecule has 1 amide bonds. The summed E-state index contributed by atoms with van der Waals surface area (Å²) in [6, 6.07) is 13.2. The molecule has 0 bridgehead atoms. The Hall–Kier alpha value is -2.33. The van der Waals surface area contributed by atoms with Crippen molar-refractivity contribution in [2.45, 2.75) is 13.0 Å². The van der Waals surface area contributed by atoms with E-state index in [0.29, 0.717) is 5.75 Å². The molecule has 4 heteroatoms. The molecule has 0 fully saturated rings. The van der Waals surface area contributed by atoms with E-state index >= 15 is 0 Å². The fourth-order valence-electron chi connectivity index (χ4n) is 2.41. The summed E-state index contributed by atoms with van der Waals surface area (Å²) in [6.07, 6.45) is 0. The van der Waals surface area contributed by atoms with Crippen LogP contribution in [0.15, 0.2) is 42.5 Å². The number of ether oxygens (including phenoxy) is 1. The normalized spacial score (nSPS) is 16.7. The smallest absolute Gasteiger partial charge is 0.246 e. The third-order valence-electron chi connectivity index (χ3n) is 3.37. The van der Waals surface area contributed by atoms with Crippen LogP contribution in [0.1, 0.15) is 17.2 Å². The standard InChI is InChI=1S/C16H16N2O2/c1-10-4-3-5-11(8-10)20-12-6-7-13-14(9-12)18-16(19)15(13)17-2/h3-9,15,17H,1-2H3,(H,18,19). The van der Waals surface area contributed by atoms with E-state index in [9.17, 15) is 4.79 Å².